The van der Waals surface area contributed by atoms with Crippen LogP contribution in [0.1, 0.15) is 24.8 Å². The van der Waals surface area contributed by atoms with Crippen molar-refractivity contribution in [3.8, 4) is 0 Å². The van der Waals surface area contributed by atoms with Crippen molar-refractivity contribution < 1.29 is 14.6 Å². The van der Waals surface area contributed by atoms with E-state index in [9.17, 15) is 9.90 Å². The number of carbonyl (C=O) groups excluding carboxylic acids is 1. The largest absolute Gasteiger partial charge is 0.460 e. The molecule has 16 heavy (non-hydrogen) atoms. The zero-order valence-electron chi connectivity index (χ0n) is 9.19. The molecule has 1 fully saturated rings. The molecule has 0 saturated heterocycles. The average Bonchev–Trinajstić information content (AvgIpc) is 2.27. The summed E-state index contributed by atoms with van der Waals surface area (Å²) in [7, 11) is 0. The second-order valence-electron chi connectivity index (χ2n) is 4.35. The first-order valence-electron chi connectivity index (χ1n) is 5.59. The summed E-state index contributed by atoms with van der Waals surface area (Å²) in [6.45, 7) is 0.196. The van der Waals surface area contributed by atoms with Crippen LogP contribution in [0.2, 0.25) is 0 Å². The Labute approximate surface area is 95.0 Å². The van der Waals surface area contributed by atoms with Gasteiger partial charge >= 0.3 is 5.97 Å². The number of benzene rings is 1. The van der Waals surface area contributed by atoms with Crippen LogP contribution in [-0.2, 0) is 16.1 Å². The predicted molar refractivity (Wildman–Crippen MR) is 59.6 cm³/mol. The van der Waals surface area contributed by atoms with E-state index in [0.29, 0.717) is 6.61 Å². The van der Waals surface area contributed by atoms with Crippen molar-refractivity contribution in [3.05, 3.63) is 35.9 Å². The van der Waals surface area contributed by atoms with E-state index in [1.807, 2.05) is 30.3 Å². The fraction of sp³-hybridized carbons (Fsp3) is 0.462. The Bertz CT molecular complexity index is 349. The molecule has 1 saturated carbocycles. The van der Waals surface area contributed by atoms with E-state index >= 15 is 0 Å². The molecule has 1 N–H and O–H groups in total. The van der Waals surface area contributed by atoms with Gasteiger partial charge in [-0.15, -0.1) is 0 Å². The molecule has 0 aliphatic heterocycles. The van der Waals surface area contributed by atoms with Crippen molar-refractivity contribution in [1.82, 2.24) is 0 Å². The molecule has 0 heterocycles. The fourth-order valence-corrected chi connectivity index (χ4v) is 1.91. The molecule has 86 valence electrons. The summed E-state index contributed by atoms with van der Waals surface area (Å²) in [5.74, 6) is -0.259. The highest BCUT2D eigenvalue weighted by Crippen LogP contribution is 2.41. The first-order chi connectivity index (χ1) is 7.77. The highest BCUT2D eigenvalue weighted by molar-refractivity contribution is 5.78. The Hall–Kier alpha value is -1.35. The molecule has 0 spiro atoms. The number of aliphatic hydroxyl groups is 1. The van der Waals surface area contributed by atoms with Gasteiger partial charge in [0.05, 0.1) is 12.0 Å². The molecule has 0 radical (unpaired) electrons. The average molecular weight is 220 g/mol. The third-order valence-corrected chi connectivity index (χ3v) is 3.26. The zero-order chi connectivity index (χ0) is 11.4. The van der Waals surface area contributed by atoms with E-state index in [2.05, 4.69) is 0 Å². The van der Waals surface area contributed by atoms with Gasteiger partial charge in [-0.1, -0.05) is 36.8 Å². The molecule has 0 unspecified atom stereocenters. The van der Waals surface area contributed by atoms with E-state index in [0.717, 1.165) is 24.8 Å². The van der Waals surface area contributed by atoms with Crippen molar-refractivity contribution in [2.24, 2.45) is 5.41 Å². The Morgan fingerprint density at radius 3 is 2.50 bits per heavy atom. The van der Waals surface area contributed by atoms with Crippen LogP contribution in [0.4, 0.5) is 0 Å². The van der Waals surface area contributed by atoms with Crippen LogP contribution in [0, 0.1) is 5.41 Å². The molecule has 0 bridgehead atoms. The SMILES string of the molecule is O=C(OCc1ccccc1)C1(CO)CCC1. The summed E-state index contributed by atoms with van der Waals surface area (Å²) in [5, 5.41) is 9.20. The van der Waals surface area contributed by atoms with Gasteiger partial charge in [-0.25, -0.2) is 0 Å². The summed E-state index contributed by atoms with van der Waals surface area (Å²) in [6, 6.07) is 9.58. The normalized spacial score (nSPS) is 17.6. The molecule has 3 heteroatoms. The minimum absolute atomic E-state index is 0.0966. The molecule has 2 rings (SSSR count). The second-order valence-corrected chi connectivity index (χ2v) is 4.35. The van der Waals surface area contributed by atoms with Crippen molar-refractivity contribution in [2.75, 3.05) is 6.61 Å². The van der Waals surface area contributed by atoms with E-state index in [4.69, 9.17) is 4.74 Å². The summed E-state index contributed by atoms with van der Waals surface area (Å²) in [6.07, 6.45) is 2.50. The van der Waals surface area contributed by atoms with Gasteiger partial charge in [-0.2, -0.15) is 0 Å². The minimum Gasteiger partial charge on any atom is -0.460 e. The van der Waals surface area contributed by atoms with Gasteiger partial charge in [0.1, 0.15) is 6.61 Å². The molecule has 3 nitrogen and oxygen atoms in total. The van der Waals surface area contributed by atoms with Gasteiger partial charge in [0.25, 0.3) is 0 Å². The standard InChI is InChI=1S/C13H16O3/c14-10-13(7-4-8-13)12(15)16-9-11-5-2-1-3-6-11/h1-3,5-6,14H,4,7-10H2. The van der Waals surface area contributed by atoms with Gasteiger partial charge < -0.3 is 9.84 Å². The topological polar surface area (TPSA) is 46.5 Å². The lowest BCUT2D eigenvalue weighted by Gasteiger charge is -2.37. The molecule has 1 aromatic carbocycles. The Kier molecular flexibility index (Phi) is 3.25. The number of carbonyl (C=O) groups is 1. The van der Waals surface area contributed by atoms with Crippen LogP contribution in [0.15, 0.2) is 30.3 Å². The van der Waals surface area contributed by atoms with E-state index in [1.54, 1.807) is 0 Å². The first kappa shape index (κ1) is 11.1. The predicted octanol–water partition coefficient (Wildman–Crippen LogP) is 1.89. The van der Waals surface area contributed by atoms with E-state index < -0.39 is 5.41 Å². The number of hydrogen-bond acceptors (Lipinski definition) is 3. The maximum atomic E-state index is 11.8. The summed E-state index contributed by atoms with van der Waals surface area (Å²) < 4.78 is 5.23. The maximum absolute atomic E-state index is 11.8. The summed E-state index contributed by atoms with van der Waals surface area (Å²) >= 11 is 0. The second kappa shape index (κ2) is 4.66. The van der Waals surface area contributed by atoms with Gasteiger partial charge in [0, 0.05) is 0 Å². The summed E-state index contributed by atoms with van der Waals surface area (Å²) in [4.78, 5) is 11.8. The molecule has 1 aliphatic rings. The molecule has 0 amide bonds. The Morgan fingerprint density at radius 2 is 2.00 bits per heavy atom. The molecule has 1 aromatic rings. The van der Waals surface area contributed by atoms with Crippen molar-refractivity contribution in [2.45, 2.75) is 25.9 Å². The summed E-state index contributed by atoms with van der Waals surface area (Å²) in [5.41, 5.74) is 0.373. The lowest BCUT2D eigenvalue weighted by atomic mass is 9.69. The minimum atomic E-state index is -0.602. The lowest BCUT2D eigenvalue weighted by Crippen LogP contribution is -2.42. The highest BCUT2D eigenvalue weighted by Gasteiger charge is 2.45. The van der Waals surface area contributed by atoms with Crippen LogP contribution in [0.5, 0.6) is 0 Å². The van der Waals surface area contributed by atoms with Crippen LogP contribution in [0.25, 0.3) is 0 Å². The van der Waals surface area contributed by atoms with Crippen molar-refractivity contribution >= 4 is 5.97 Å². The number of ether oxygens (including phenoxy) is 1. The van der Waals surface area contributed by atoms with E-state index in [-0.39, 0.29) is 12.6 Å². The molecule has 1 aliphatic carbocycles. The van der Waals surface area contributed by atoms with Gasteiger partial charge in [-0.05, 0) is 18.4 Å². The smallest absolute Gasteiger partial charge is 0.314 e. The fourth-order valence-electron chi connectivity index (χ4n) is 1.91. The van der Waals surface area contributed by atoms with Crippen LogP contribution in [0.3, 0.4) is 0 Å². The zero-order valence-corrected chi connectivity index (χ0v) is 9.19. The quantitative estimate of drug-likeness (QED) is 0.788. The van der Waals surface area contributed by atoms with E-state index in [1.165, 1.54) is 0 Å². The van der Waals surface area contributed by atoms with Crippen LogP contribution < -0.4 is 0 Å². The Balaban J connectivity index is 1.89. The molecule has 0 aromatic heterocycles. The number of rotatable bonds is 4. The van der Waals surface area contributed by atoms with Gasteiger partial charge in [0.15, 0.2) is 0 Å². The number of aliphatic hydroxyl groups excluding tert-OH is 1. The lowest BCUT2D eigenvalue weighted by molar-refractivity contribution is -0.166. The number of esters is 1. The molecular weight excluding hydrogens is 204 g/mol. The maximum Gasteiger partial charge on any atom is 0.314 e. The first-order valence-corrected chi connectivity index (χ1v) is 5.59. The number of hydrogen-bond donors (Lipinski definition) is 1. The Morgan fingerprint density at radius 1 is 1.31 bits per heavy atom. The van der Waals surface area contributed by atoms with Crippen LogP contribution in [-0.4, -0.2) is 17.7 Å². The van der Waals surface area contributed by atoms with Crippen LogP contribution >= 0.6 is 0 Å². The third-order valence-electron chi connectivity index (χ3n) is 3.26. The molecular formula is C13H16O3. The van der Waals surface area contributed by atoms with Gasteiger partial charge in [-0.3, -0.25) is 4.79 Å². The van der Waals surface area contributed by atoms with Crippen molar-refractivity contribution in [1.29, 1.82) is 0 Å². The van der Waals surface area contributed by atoms with Crippen molar-refractivity contribution in [3.63, 3.8) is 0 Å². The molecule has 0 atom stereocenters. The highest BCUT2D eigenvalue weighted by atomic mass is 16.5. The third kappa shape index (κ3) is 2.09. The van der Waals surface area contributed by atoms with Gasteiger partial charge in [0.2, 0.25) is 0 Å². The monoisotopic (exact) mass is 220 g/mol.